The highest BCUT2D eigenvalue weighted by Crippen LogP contribution is 2.63. The fraction of sp³-hybridized carbons (Fsp3) is 0.917. The number of alkyl halides is 1. The summed E-state index contributed by atoms with van der Waals surface area (Å²) in [6.45, 7) is 0. The van der Waals surface area contributed by atoms with Crippen LogP contribution in [0.1, 0.15) is 38.5 Å². The molecule has 0 radical (unpaired) electrons. The van der Waals surface area contributed by atoms with Gasteiger partial charge in [0.05, 0.1) is 0 Å². The van der Waals surface area contributed by atoms with Crippen molar-refractivity contribution in [2.75, 3.05) is 0 Å². The van der Waals surface area contributed by atoms with Crippen LogP contribution >= 0.6 is 15.9 Å². The molecule has 0 aliphatic heterocycles. The summed E-state index contributed by atoms with van der Waals surface area (Å²) in [6, 6.07) is 0. The molecular formula is C12H18BrNO. The molecule has 4 saturated carbocycles. The first-order valence-corrected chi connectivity index (χ1v) is 6.93. The van der Waals surface area contributed by atoms with Crippen molar-refractivity contribution in [3.8, 4) is 0 Å². The molecule has 84 valence electrons. The standard InChI is InChI=1S/C12H18BrNO/c13-11-9-2-7-1-8(3-9)5-12(11,4-7)6-10(14)15/h7-9,11H,1-6H2,(H2,14,15). The van der Waals surface area contributed by atoms with E-state index in [-0.39, 0.29) is 11.3 Å². The molecule has 4 aliphatic carbocycles. The largest absolute Gasteiger partial charge is 0.370 e. The van der Waals surface area contributed by atoms with E-state index in [1.54, 1.807) is 0 Å². The lowest BCUT2D eigenvalue weighted by Crippen LogP contribution is -2.54. The molecule has 4 fully saturated rings. The van der Waals surface area contributed by atoms with E-state index in [0.717, 1.165) is 17.8 Å². The van der Waals surface area contributed by atoms with Crippen molar-refractivity contribution in [3.05, 3.63) is 0 Å². The molecule has 1 amide bonds. The van der Waals surface area contributed by atoms with Gasteiger partial charge < -0.3 is 5.73 Å². The molecule has 0 aromatic rings. The molecule has 2 nitrogen and oxygen atoms in total. The number of hydrogen-bond donors (Lipinski definition) is 1. The molecule has 0 spiro atoms. The monoisotopic (exact) mass is 271 g/mol. The Labute approximate surface area is 99.1 Å². The van der Waals surface area contributed by atoms with Gasteiger partial charge in [0.1, 0.15) is 0 Å². The zero-order valence-corrected chi connectivity index (χ0v) is 10.5. The van der Waals surface area contributed by atoms with Crippen molar-refractivity contribution in [2.24, 2.45) is 28.9 Å². The fourth-order valence-corrected chi connectivity index (χ4v) is 5.70. The zero-order valence-electron chi connectivity index (χ0n) is 8.92. The maximum atomic E-state index is 11.2. The highest BCUT2D eigenvalue weighted by Gasteiger charge is 2.56. The van der Waals surface area contributed by atoms with Crippen molar-refractivity contribution in [3.63, 3.8) is 0 Å². The molecule has 0 aromatic heterocycles. The minimum atomic E-state index is -0.110. The van der Waals surface area contributed by atoms with E-state index < -0.39 is 0 Å². The Bertz CT molecular complexity index is 290. The normalized spacial score (nSPS) is 52.1. The number of hydrogen-bond acceptors (Lipinski definition) is 1. The quantitative estimate of drug-likeness (QED) is 0.771. The summed E-state index contributed by atoms with van der Waals surface area (Å²) in [5.74, 6) is 2.48. The van der Waals surface area contributed by atoms with Crippen LogP contribution in [0, 0.1) is 23.2 Å². The highest BCUT2D eigenvalue weighted by atomic mass is 79.9. The fourth-order valence-electron chi connectivity index (χ4n) is 4.74. The predicted molar refractivity (Wildman–Crippen MR) is 62.5 cm³/mol. The van der Waals surface area contributed by atoms with Gasteiger partial charge in [-0.25, -0.2) is 0 Å². The molecule has 0 saturated heterocycles. The van der Waals surface area contributed by atoms with Crippen LogP contribution < -0.4 is 5.73 Å². The van der Waals surface area contributed by atoms with Crippen molar-refractivity contribution >= 4 is 21.8 Å². The second-order valence-corrected chi connectivity index (χ2v) is 7.00. The molecule has 2 N–H and O–H groups in total. The Morgan fingerprint density at radius 3 is 2.40 bits per heavy atom. The van der Waals surface area contributed by atoms with Gasteiger partial charge in [-0.05, 0) is 55.3 Å². The number of carbonyl (C=O) groups excluding carboxylic acids is 1. The Morgan fingerprint density at radius 2 is 1.87 bits per heavy atom. The summed E-state index contributed by atoms with van der Waals surface area (Å²) in [7, 11) is 0. The van der Waals surface area contributed by atoms with Gasteiger partial charge in [0.25, 0.3) is 0 Å². The van der Waals surface area contributed by atoms with E-state index in [0.29, 0.717) is 11.2 Å². The summed E-state index contributed by atoms with van der Waals surface area (Å²) in [6.07, 6.45) is 7.25. The van der Waals surface area contributed by atoms with Crippen molar-refractivity contribution in [1.29, 1.82) is 0 Å². The minimum Gasteiger partial charge on any atom is -0.370 e. The Kier molecular flexibility index (Phi) is 2.17. The lowest BCUT2D eigenvalue weighted by atomic mass is 9.48. The third-order valence-corrected chi connectivity index (χ3v) is 6.57. The lowest BCUT2D eigenvalue weighted by molar-refractivity contribution is -0.125. The van der Waals surface area contributed by atoms with Gasteiger partial charge in [-0.3, -0.25) is 4.79 Å². The maximum Gasteiger partial charge on any atom is 0.218 e. The number of amides is 1. The predicted octanol–water partition coefficient (Wildman–Crippen LogP) is 2.45. The first-order chi connectivity index (χ1) is 7.09. The van der Waals surface area contributed by atoms with Crippen molar-refractivity contribution < 1.29 is 4.79 Å². The van der Waals surface area contributed by atoms with E-state index in [1.807, 2.05) is 0 Å². The summed E-state index contributed by atoms with van der Waals surface area (Å²) in [5.41, 5.74) is 5.64. The summed E-state index contributed by atoms with van der Waals surface area (Å²) >= 11 is 3.86. The van der Waals surface area contributed by atoms with E-state index in [1.165, 1.54) is 32.1 Å². The van der Waals surface area contributed by atoms with Crippen LogP contribution in [0.15, 0.2) is 0 Å². The lowest BCUT2D eigenvalue weighted by Gasteiger charge is -2.59. The van der Waals surface area contributed by atoms with Crippen molar-refractivity contribution in [1.82, 2.24) is 0 Å². The Balaban J connectivity index is 1.90. The molecule has 4 bridgehead atoms. The number of rotatable bonds is 2. The molecule has 3 heteroatoms. The average molecular weight is 272 g/mol. The van der Waals surface area contributed by atoms with Crippen LogP contribution in [-0.2, 0) is 4.79 Å². The molecule has 15 heavy (non-hydrogen) atoms. The van der Waals surface area contributed by atoms with E-state index >= 15 is 0 Å². The highest BCUT2D eigenvalue weighted by molar-refractivity contribution is 9.09. The minimum absolute atomic E-state index is 0.110. The maximum absolute atomic E-state index is 11.2. The van der Waals surface area contributed by atoms with Gasteiger partial charge in [0, 0.05) is 11.2 Å². The van der Waals surface area contributed by atoms with E-state index in [4.69, 9.17) is 5.73 Å². The summed E-state index contributed by atoms with van der Waals surface area (Å²) in [4.78, 5) is 11.8. The molecule has 3 unspecified atom stereocenters. The van der Waals surface area contributed by atoms with Gasteiger partial charge >= 0.3 is 0 Å². The zero-order chi connectivity index (χ0) is 10.6. The number of carbonyl (C=O) groups is 1. The molecule has 4 aliphatic rings. The molecule has 0 aromatic carbocycles. The van der Waals surface area contributed by atoms with Gasteiger partial charge in [-0.15, -0.1) is 0 Å². The van der Waals surface area contributed by atoms with Crippen molar-refractivity contribution in [2.45, 2.75) is 43.4 Å². The van der Waals surface area contributed by atoms with Crippen LogP contribution in [-0.4, -0.2) is 10.7 Å². The van der Waals surface area contributed by atoms with E-state index in [9.17, 15) is 4.79 Å². The Hall–Kier alpha value is -0.0500. The first kappa shape index (κ1) is 10.1. The van der Waals surface area contributed by atoms with Gasteiger partial charge in [-0.2, -0.15) is 0 Å². The van der Waals surface area contributed by atoms with Gasteiger partial charge in [0.15, 0.2) is 0 Å². The summed E-state index contributed by atoms with van der Waals surface area (Å²) < 4.78 is 0. The number of halogens is 1. The third kappa shape index (κ3) is 1.46. The number of nitrogens with two attached hydrogens (primary N) is 1. The SMILES string of the molecule is NC(=O)CC12CC3CC(CC(C3)C1Br)C2. The van der Waals surface area contributed by atoms with Crippen LogP contribution in [0.4, 0.5) is 0 Å². The Morgan fingerprint density at radius 1 is 1.27 bits per heavy atom. The van der Waals surface area contributed by atoms with Crippen LogP contribution in [0.5, 0.6) is 0 Å². The van der Waals surface area contributed by atoms with Crippen LogP contribution in [0.2, 0.25) is 0 Å². The van der Waals surface area contributed by atoms with Gasteiger partial charge in [0.2, 0.25) is 5.91 Å². The van der Waals surface area contributed by atoms with Gasteiger partial charge in [-0.1, -0.05) is 15.9 Å². The topological polar surface area (TPSA) is 43.1 Å². The van der Waals surface area contributed by atoms with Crippen LogP contribution in [0.25, 0.3) is 0 Å². The second kappa shape index (κ2) is 3.22. The molecule has 0 heterocycles. The second-order valence-electron chi connectivity index (χ2n) is 6.01. The molecule has 4 rings (SSSR count). The third-order valence-electron chi connectivity index (χ3n) is 4.85. The van der Waals surface area contributed by atoms with Crippen LogP contribution in [0.3, 0.4) is 0 Å². The van der Waals surface area contributed by atoms with E-state index in [2.05, 4.69) is 15.9 Å². The average Bonchev–Trinajstić information content (AvgIpc) is 2.11. The molecular weight excluding hydrogens is 254 g/mol. The first-order valence-electron chi connectivity index (χ1n) is 6.01. The molecule has 3 atom stereocenters. The number of primary amides is 1. The smallest absolute Gasteiger partial charge is 0.218 e. The summed E-state index contributed by atoms with van der Waals surface area (Å²) in [5, 5.41) is 0.